The van der Waals surface area contributed by atoms with E-state index in [4.69, 9.17) is 9.47 Å². The number of aryl methyl sites for hydroxylation is 1. The molecule has 6 heteroatoms. The molecule has 0 bridgehead atoms. The molecule has 29 heavy (non-hydrogen) atoms. The van der Waals surface area contributed by atoms with Crippen LogP contribution in [0.5, 0.6) is 11.5 Å². The number of H-pyrrole nitrogens is 1. The van der Waals surface area contributed by atoms with E-state index in [1.165, 1.54) is 10.5 Å². The summed E-state index contributed by atoms with van der Waals surface area (Å²) in [5, 5.41) is 0. The van der Waals surface area contributed by atoms with Gasteiger partial charge in [-0.1, -0.05) is 0 Å². The molecule has 154 valence electrons. The topological polar surface area (TPSA) is 72.8 Å². The first kappa shape index (κ1) is 19.7. The number of quaternary nitrogens is 1. The standard InChI is InChI=1S/C23H28N2O4/c1-14-22(16(3)26)15(2)24-23(14)19(27)13-25-9-4-6-18(25)17-7-8-20-21(12-17)29-11-5-10-28-20/h7-8,12,18,24H,4-6,9-11,13H2,1-3H3/p+1/t18-/m1/s1. The number of aromatic amines is 1. The fraction of sp³-hybridized carbons (Fsp3) is 0.478. The van der Waals surface area contributed by atoms with Crippen LogP contribution >= 0.6 is 0 Å². The van der Waals surface area contributed by atoms with Crippen molar-refractivity contribution in [3.8, 4) is 11.5 Å². The minimum atomic E-state index is -0.00566. The van der Waals surface area contributed by atoms with Crippen LogP contribution in [0.2, 0.25) is 0 Å². The van der Waals surface area contributed by atoms with Crippen LogP contribution in [0.15, 0.2) is 18.2 Å². The van der Waals surface area contributed by atoms with Gasteiger partial charge in [-0.25, -0.2) is 0 Å². The Morgan fingerprint density at radius 3 is 2.62 bits per heavy atom. The summed E-state index contributed by atoms with van der Waals surface area (Å²) < 4.78 is 11.6. The molecule has 0 radical (unpaired) electrons. The molecule has 1 aromatic carbocycles. The van der Waals surface area contributed by atoms with Crippen molar-refractivity contribution in [2.24, 2.45) is 0 Å². The van der Waals surface area contributed by atoms with Crippen LogP contribution in [0, 0.1) is 13.8 Å². The Hall–Kier alpha value is -2.60. The number of aromatic nitrogens is 1. The summed E-state index contributed by atoms with van der Waals surface area (Å²) in [5.74, 6) is 1.67. The van der Waals surface area contributed by atoms with Gasteiger partial charge in [0.1, 0.15) is 12.6 Å². The van der Waals surface area contributed by atoms with Gasteiger partial charge in [-0.2, -0.15) is 0 Å². The Labute approximate surface area is 171 Å². The first-order valence-electron chi connectivity index (χ1n) is 10.4. The van der Waals surface area contributed by atoms with Gasteiger partial charge >= 0.3 is 0 Å². The molecule has 2 aliphatic rings. The van der Waals surface area contributed by atoms with Gasteiger partial charge in [-0.15, -0.1) is 0 Å². The molecule has 2 aromatic rings. The van der Waals surface area contributed by atoms with E-state index in [1.807, 2.05) is 19.9 Å². The summed E-state index contributed by atoms with van der Waals surface area (Å²) >= 11 is 0. The van der Waals surface area contributed by atoms with Crippen LogP contribution in [0.25, 0.3) is 0 Å². The second-order valence-corrected chi connectivity index (χ2v) is 8.14. The number of hydrogen-bond donors (Lipinski definition) is 2. The highest BCUT2D eigenvalue weighted by Crippen LogP contribution is 2.33. The molecule has 0 aliphatic carbocycles. The third-order valence-corrected chi connectivity index (χ3v) is 6.11. The molecule has 2 N–H and O–H groups in total. The van der Waals surface area contributed by atoms with Crippen molar-refractivity contribution >= 4 is 11.6 Å². The lowest BCUT2D eigenvalue weighted by atomic mass is 10.0. The second-order valence-electron chi connectivity index (χ2n) is 8.14. The third kappa shape index (κ3) is 3.81. The quantitative estimate of drug-likeness (QED) is 0.761. The number of nitrogens with one attached hydrogen (secondary N) is 2. The Bertz CT molecular complexity index is 947. The van der Waals surface area contributed by atoms with E-state index >= 15 is 0 Å². The molecule has 0 spiro atoms. The number of Topliss-reactive ketones (excluding diaryl/α,β-unsaturated/α-hetero) is 2. The smallest absolute Gasteiger partial charge is 0.233 e. The first-order chi connectivity index (χ1) is 14.0. The molecule has 1 aromatic heterocycles. The van der Waals surface area contributed by atoms with E-state index in [0.29, 0.717) is 31.0 Å². The van der Waals surface area contributed by atoms with E-state index in [9.17, 15) is 9.59 Å². The second kappa shape index (κ2) is 8.03. The summed E-state index contributed by atoms with van der Waals surface area (Å²) in [4.78, 5) is 29.4. The molecular formula is C23H29N2O4+. The fourth-order valence-corrected chi connectivity index (χ4v) is 4.77. The molecule has 1 unspecified atom stereocenters. The number of fused-ring (bicyclic) bond motifs is 1. The molecule has 0 saturated carbocycles. The number of likely N-dealkylation sites (tertiary alicyclic amines) is 1. The lowest BCUT2D eigenvalue weighted by Gasteiger charge is -2.22. The van der Waals surface area contributed by atoms with Crippen molar-refractivity contribution in [1.29, 1.82) is 0 Å². The third-order valence-electron chi connectivity index (χ3n) is 6.11. The number of carbonyl (C=O) groups excluding carboxylic acids is 2. The highest BCUT2D eigenvalue weighted by molar-refractivity contribution is 6.03. The maximum Gasteiger partial charge on any atom is 0.233 e. The zero-order valence-corrected chi connectivity index (χ0v) is 17.4. The van der Waals surface area contributed by atoms with Gasteiger partial charge in [-0.05, 0) is 44.5 Å². The Morgan fingerprint density at radius 2 is 1.90 bits per heavy atom. The van der Waals surface area contributed by atoms with Crippen LogP contribution in [-0.4, -0.2) is 42.9 Å². The van der Waals surface area contributed by atoms with Gasteiger partial charge in [0.25, 0.3) is 0 Å². The van der Waals surface area contributed by atoms with Crippen LogP contribution in [0.4, 0.5) is 0 Å². The van der Waals surface area contributed by atoms with Gasteiger partial charge in [0.15, 0.2) is 17.3 Å². The molecule has 3 heterocycles. The van der Waals surface area contributed by atoms with Gasteiger partial charge < -0.3 is 19.4 Å². The van der Waals surface area contributed by atoms with E-state index in [2.05, 4.69) is 17.1 Å². The van der Waals surface area contributed by atoms with Gasteiger partial charge in [-0.3, -0.25) is 9.59 Å². The molecule has 4 rings (SSSR count). The van der Waals surface area contributed by atoms with Gasteiger partial charge in [0.2, 0.25) is 5.78 Å². The summed E-state index contributed by atoms with van der Waals surface area (Å²) in [6.07, 6.45) is 3.02. The zero-order chi connectivity index (χ0) is 20.5. The zero-order valence-electron chi connectivity index (χ0n) is 17.4. The molecule has 1 saturated heterocycles. The van der Waals surface area contributed by atoms with Crippen LogP contribution in [0.3, 0.4) is 0 Å². The maximum absolute atomic E-state index is 13.1. The van der Waals surface area contributed by atoms with Crippen molar-refractivity contribution in [2.75, 3.05) is 26.3 Å². The summed E-state index contributed by atoms with van der Waals surface area (Å²) in [6.45, 7) is 7.97. The number of ketones is 2. The number of benzene rings is 1. The predicted octanol–water partition coefficient (Wildman–Crippen LogP) is 2.60. The van der Waals surface area contributed by atoms with Gasteiger partial charge in [0, 0.05) is 36.1 Å². The number of hydrogen-bond acceptors (Lipinski definition) is 4. The Balaban J connectivity index is 1.54. The number of carbonyl (C=O) groups is 2. The summed E-state index contributed by atoms with van der Waals surface area (Å²) in [7, 11) is 0. The highest BCUT2D eigenvalue weighted by Gasteiger charge is 2.33. The van der Waals surface area contributed by atoms with E-state index < -0.39 is 0 Å². The lowest BCUT2D eigenvalue weighted by Crippen LogP contribution is -3.11. The molecular weight excluding hydrogens is 368 g/mol. The predicted molar refractivity (Wildman–Crippen MR) is 109 cm³/mol. The molecule has 1 fully saturated rings. The molecule has 2 aliphatic heterocycles. The molecule has 0 amide bonds. The van der Waals surface area contributed by atoms with E-state index in [1.54, 1.807) is 6.92 Å². The van der Waals surface area contributed by atoms with Crippen molar-refractivity contribution in [2.45, 2.75) is 46.1 Å². The first-order valence-corrected chi connectivity index (χ1v) is 10.4. The van der Waals surface area contributed by atoms with Crippen molar-refractivity contribution < 1.29 is 24.0 Å². The normalized spacial score (nSPS) is 21.1. The summed E-state index contributed by atoms with van der Waals surface area (Å²) in [6, 6.07) is 6.44. The average Bonchev–Trinajstić information content (AvgIpc) is 3.16. The largest absolute Gasteiger partial charge is 0.490 e. The van der Waals surface area contributed by atoms with Gasteiger partial charge in [0.05, 0.1) is 25.5 Å². The van der Waals surface area contributed by atoms with Crippen molar-refractivity contribution in [1.82, 2.24) is 4.98 Å². The maximum atomic E-state index is 13.1. The molecule has 6 nitrogen and oxygen atoms in total. The average molecular weight is 397 g/mol. The van der Waals surface area contributed by atoms with E-state index in [-0.39, 0.29) is 17.6 Å². The monoisotopic (exact) mass is 397 g/mol. The number of ether oxygens (including phenoxy) is 2. The van der Waals surface area contributed by atoms with Crippen LogP contribution in [-0.2, 0) is 0 Å². The number of rotatable bonds is 5. The summed E-state index contributed by atoms with van der Waals surface area (Å²) in [5.41, 5.74) is 3.95. The molecule has 2 atom stereocenters. The SMILES string of the molecule is CC(=O)c1c(C)[nH]c(C(=O)C[NH+]2CCC[C@@H]2c2ccc3c(c2)OCCCO3)c1C. The van der Waals surface area contributed by atoms with Crippen LogP contribution in [0.1, 0.15) is 69.9 Å². The van der Waals surface area contributed by atoms with Crippen molar-refractivity contribution in [3.05, 3.63) is 46.3 Å². The van der Waals surface area contributed by atoms with Crippen LogP contribution < -0.4 is 14.4 Å². The van der Waals surface area contributed by atoms with E-state index in [0.717, 1.165) is 48.6 Å². The minimum Gasteiger partial charge on any atom is -0.490 e. The van der Waals surface area contributed by atoms with Crippen molar-refractivity contribution in [3.63, 3.8) is 0 Å². The highest BCUT2D eigenvalue weighted by atomic mass is 16.5. The fourth-order valence-electron chi connectivity index (χ4n) is 4.77. The lowest BCUT2D eigenvalue weighted by molar-refractivity contribution is -0.910. The Morgan fingerprint density at radius 1 is 1.14 bits per heavy atom. The minimum absolute atomic E-state index is 0.00566. The Kier molecular flexibility index (Phi) is 5.46.